The minimum Gasteiger partial charge on any atom is -0.368 e. The largest absolute Gasteiger partial charge is 0.537 e. The highest BCUT2D eigenvalue weighted by Gasteiger charge is 2.31. The Morgan fingerprint density at radius 1 is 1.00 bits per heavy atom. The van der Waals surface area contributed by atoms with Gasteiger partial charge in [0.05, 0.1) is 19.8 Å². The van der Waals surface area contributed by atoms with Gasteiger partial charge in [-0.3, -0.25) is 4.52 Å². The summed E-state index contributed by atoms with van der Waals surface area (Å²) in [6, 6.07) is 0. The van der Waals surface area contributed by atoms with E-state index < -0.39 is 20.3 Å². The minimum atomic E-state index is -4.84. The van der Waals surface area contributed by atoms with E-state index in [9.17, 15) is 13.6 Å². The van der Waals surface area contributed by atoms with Crippen molar-refractivity contribution in [1.82, 2.24) is 0 Å². The molecule has 0 unspecified atom stereocenters. The van der Waals surface area contributed by atoms with Gasteiger partial charge in [0.1, 0.15) is 13.2 Å². The van der Waals surface area contributed by atoms with Gasteiger partial charge in [-0.05, 0) is 9.05 Å². The molecule has 0 aromatic heterocycles. The van der Waals surface area contributed by atoms with Crippen LogP contribution in [0.2, 0.25) is 0 Å². The van der Waals surface area contributed by atoms with Gasteiger partial charge in [-0.15, -0.1) is 12.8 Å². The molecule has 0 aliphatic carbocycles. The predicted octanol–water partition coefficient (Wildman–Crippen LogP) is 1.83. The van der Waals surface area contributed by atoms with Gasteiger partial charge in [0.15, 0.2) is 0 Å². The standard InChI is InChI=1S/C10H13F2O6P/c1-3-5-14-7-10(8-15-6-4-2)9-16-19(13,17-11)18-12/h1-2,10H,5-9H2. The smallest absolute Gasteiger partial charge is 0.368 e. The second kappa shape index (κ2) is 10.9. The monoisotopic (exact) mass is 298 g/mol. The Morgan fingerprint density at radius 3 is 1.84 bits per heavy atom. The molecule has 0 aliphatic rings. The summed E-state index contributed by atoms with van der Waals surface area (Å²) in [4.78, 5) is 0. The highest BCUT2D eigenvalue weighted by molar-refractivity contribution is 7.48. The Kier molecular flexibility index (Phi) is 10.3. The molecule has 0 heterocycles. The average Bonchev–Trinajstić information content (AvgIpc) is 2.44. The van der Waals surface area contributed by atoms with Crippen molar-refractivity contribution in [3.05, 3.63) is 0 Å². The zero-order chi connectivity index (χ0) is 14.6. The molecule has 0 fully saturated rings. The molecule has 0 rings (SSSR count). The van der Waals surface area contributed by atoms with E-state index in [1.54, 1.807) is 0 Å². The van der Waals surface area contributed by atoms with E-state index in [-0.39, 0.29) is 26.4 Å². The van der Waals surface area contributed by atoms with Gasteiger partial charge in [-0.2, -0.15) is 0 Å². The molecule has 108 valence electrons. The molecule has 0 saturated carbocycles. The molecular formula is C10H13F2O6P. The molecular weight excluding hydrogens is 285 g/mol. The fourth-order valence-corrected chi connectivity index (χ4v) is 1.45. The Hall–Kier alpha value is -0.990. The molecule has 19 heavy (non-hydrogen) atoms. The van der Waals surface area contributed by atoms with Crippen LogP contribution in [0.25, 0.3) is 0 Å². The van der Waals surface area contributed by atoms with Crippen molar-refractivity contribution in [3.63, 3.8) is 0 Å². The Morgan fingerprint density at radius 2 is 1.47 bits per heavy atom. The number of rotatable bonds is 11. The van der Waals surface area contributed by atoms with Crippen molar-refractivity contribution in [2.24, 2.45) is 5.92 Å². The van der Waals surface area contributed by atoms with Crippen LogP contribution < -0.4 is 0 Å². The van der Waals surface area contributed by atoms with Crippen molar-refractivity contribution < 1.29 is 37.1 Å². The summed E-state index contributed by atoms with van der Waals surface area (Å²) in [7, 11) is -4.84. The molecule has 0 atom stereocenters. The second-order valence-electron chi connectivity index (χ2n) is 3.19. The van der Waals surface area contributed by atoms with E-state index in [4.69, 9.17) is 22.3 Å². The lowest BCUT2D eigenvalue weighted by Crippen LogP contribution is -2.22. The van der Waals surface area contributed by atoms with Crippen molar-refractivity contribution >= 4 is 7.82 Å². The molecule has 0 spiro atoms. The lowest BCUT2D eigenvalue weighted by Gasteiger charge is -2.17. The van der Waals surface area contributed by atoms with E-state index in [1.165, 1.54) is 0 Å². The van der Waals surface area contributed by atoms with Crippen LogP contribution in [0.5, 0.6) is 0 Å². The summed E-state index contributed by atoms with van der Waals surface area (Å²) in [6.07, 6.45) is 9.95. The fourth-order valence-electron chi connectivity index (χ4n) is 0.961. The maximum absolute atomic E-state index is 11.7. The first-order chi connectivity index (χ1) is 9.11. The molecule has 0 saturated heterocycles. The van der Waals surface area contributed by atoms with Gasteiger partial charge in [0, 0.05) is 5.92 Å². The van der Waals surface area contributed by atoms with Crippen LogP contribution in [-0.4, -0.2) is 33.0 Å². The van der Waals surface area contributed by atoms with E-state index in [0.717, 1.165) is 0 Å². The van der Waals surface area contributed by atoms with Crippen molar-refractivity contribution in [2.45, 2.75) is 0 Å². The minimum absolute atomic E-state index is 0.0303. The lowest BCUT2D eigenvalue weighted by molar-refractivity contribution is -0.122. The van der Waals surface area contributed by atoms with Crippen LogP contribution in [0, 0.1) is 30.6 Å². The first kappa shape index (κ1) is 18.0. The van der Waals surface area contributed by atoms with Crippen molar-refractivity contribution in [3.8, 4) is 24.7 Å². The first-order valence-corrected chi connectivity index (χ1v) is 6.45. The summed E-state index contributed by atoms with van der Waals surface area (Å²) in [5.41, 5.74) is 0. The Balaban J connectivity index is 4.20. The van der Waals surface area contributed by atoms with Gasteiger partial charge in [0.2, 0.25) is 0 Å². The normalized spacial score (nSPS) is 11.2. The van der Waals surface area contributed by atoms with E-state index in [2.05, 4.69) is 25.8 Å². The molecule has 0 amide bonds. The zero-order valence-electron chi connectivity index (χ0n) is 9.92. The number of terminal acetylenes is 2. The van der Waals surface area contributed by atoms with Crippen molar-refractivity contribution in [1.29, 1.82) is 0 Å². The van der Waals surface area contributed by atoms with Crippen LogP contribution in [0.3, 0.4) is 0 Å². The van der Waals surface area contributed by atoms with Crippen LogP contribution >= 0.6 is 7.82 Å². The van der Waals surface area contributed by atoms with Gasteiger partial charge in [-0.1, -0.05) is 21.3 Å². The van der Waals surface area contributed by atoms with Crippen LogP contribution in [0.15, 0.2) is 0 Å². The molecule has 0 aliphatic heterocycles. The maximum atomic E-state index is 11.7. The van der Waals surface area contributed by atoms with Gasteiger partial charge >= 0.3 is 7.82 Å². The summed E-state index contributed by atoms with van der Waals surface area (Å²) in [5, 5.41) is 0. The third-order valence-electron chi connectivity index (χ3n) is 1.72. The number of phosphoric acid groups is 1. The molecule has 0 bridgehead atoms. The molecule has 0 aromatic carbocycles. The Labute approximate surface area is 109 Å². The predicted molar refractivity (Wildman–Crippen MR) is 60.7 cm³/mol. The van der Waals surface area contributed by atoms with Crippen LogP contribution in [0.4, 0.5) is 9.05 Å². The lowest BCUT2D eigenvalue weighted by atomic mass is 10.2. The molecule has 6 nitrogen and oxygen atoms in total. The van der Waals surface area contributed by atoms with E-state index >= 15 is 0 Å². The maximum Gasteiger partial charge on any atom is 0.537 e. The molecule has 9 heteroatoms. The second-order valence-corrected chi connectivity index (χ2v) is 4.61. The van der Waals surface area contributed by atoms with Gasteiger partial charge < -0.3 is 9.47 Å². The topological polar surface area (TPSA) is 63.2 Å². The van der Waals surface area contributed by atoms with Gasteiger partial charge in [-0.25, -0.2) is 4.57 Å². The van der Waals surface area contributed by atoms with E-state index in [0.29, 0.717) is 0 Å². The van der Waals surface area contributed by atoms with Crippen molar-refractivity contribution in [2.75, 3.05) is 33.0 Å². The molecule has 0 aromatic rings. The third kappa shape index (κ3) is 8.68. The summed E-state index contributed by atoms with van der Waals surface area (Å²) >= 11 is 0. The first-order valence-electron chi connectivity index (χ1n) is 4.99. The van der Waals surface area contributed by atoms with Crippen LogP contribution in [0.1, 0.15) is 0 Å². The van der Waals surface area contributed by atoms with Gasteiger partial charge in [0.25, 0.3) is 0 Å². The fraction of sp³-hybridized carbons (Fsp3) is 0.600. The highest BCUT2D eigenvalue weighted by Crippen LogP contribution is 2.50. The van der Waals surface area contributed by atoms with Crippen LogP contribution in [-0.2, 0) is 28.0 Å². The SMILES string of the molecule is C#CCOCC(COCC#C)COP(=O)(OF)OF. The number of halogens is 2. The Bertz CT molecular complexity index is 336. The quantitative estimate of drug-likeness (QED) is 0.329. The summed E-state index contributed by atoms with van der Waals surface area (Å²) in [6.45, 7) is -0.244. The third-order valence-corrected chi connectivity index (χ3v) is 2.52. The molecule has 0 N–H and O–H groups in total. The number of hydrogen-bond acceptors (Lipinski definition) is 6. The number of hydrogen-bond donors (Lipinski definition) is 0. The highest BCUT2D eigenvalue weighted by atomic mass is 31.2. The summed E-state index contributed by atoms with van der Waals surface area (Å²) < 4.78 is 54.3. The zero-order valence-corrected chi connectivity index (χ0v) is 10.8. The molecule has 0 radical (unpaired) electrons. The summed E-state index contributed by atoms with van der Waals surface area (Å²) in [5.74, 6) is 3.94. The number of ether oxygens (including phenoxy) is 2. The van der Waals surface area contributed by atoms with E-state index in [1.807, 2.05) is 0 Å². The average molecular weight is 298 g/mol.